The Morgan fingerprint density at radius 1 is 1.44 bits per heavy atom. The van der Waals surface area contributed by atoms with Crippen LogP contribution in [0.15, 0.2) is 0 Å². The number of nitrogens with zero attached hydrogens (tertiary/aromatic N) is 1. The number of hydrogen-bond acceptors (Lipinski definition) is 4. The molecular weight excluding hydrogens is 266 g/mol. The van der Waals surface area contributed by atoms with Gasteiger partial charge in [-0.3, -0.25) is 0 Å². The highest BCUT2D eigenvalue weighted by atomic mass is 33.1. The van der Waals surface area contributed by atoms with Crippen LogP contribution < -0.4 is 11.1 Å². The summed E-state index contributed by atoms with van der Waals surface area (Å²) in [6, 6.07) is 0.537. The highest BCUT2D eigenvalue weighted by molar-refractivity contribution is 8.76. The molecule has 0 aromatic carbocycles. The van der Waals surface area contributed by atoms with Crippen molar-refractivity contribution in [2.75, 3.05) is 31.1 Å². The minimum absolute atomic E-state index is 0.107. The van der Waals surface area contributed by atoms with E-state index in [0.717, 1.165) is 37.4 Å². The summed E-state index contributed by atoms with van der Waals surface area (Å²) in [4.78, 5) is 14.0. The zero-order valence-electron chi connectivity index (χ0n) is 11.4. The van der Waals surface area contributed by atoms with Gasteiger partial charge in [-0.15, -0.1) is 0 Å². The molecule has 1 fully saturated rings. The molecule has 106 valence electrons. The number of rotatable bonds is 7. The number of urea groups is 1. The van der Waals surface area contributed by atoms with E-state index < -0.39 is 0 Å². The summed E-state index contributed by atoms with van der Waals surface area (Å²) in [6.07, 6.45) is 2.20. The van der Waals surface area contributed by atoms with Crippen molar-refractivity contribution in [1.29, 1.82) is 0 Å². The van der Waals surface area contributed by atoms with Crippen LogP contribution in [-0.2, 0) is 0 Å². The Hall–Kier alpha value is -0.0700. The van der Waals surface area contributed by atoms with Gasteiger partial charge in [0.05, 0.1) is 0 Å². The van der Waals surface area contributed by atoms with E-state index in [2.05, 4.69) is 19.2 Å². The van der Waals surface area contributed by atoms with Crippen LogP contribution in [0.2, 0.25) is 0 Å². The number of nitrogens with one attached hydrogen (secondary N) is 1. The summed E-state index contributed by atoms with van der Waals surface area (Å²) in [5.41, 5.74) is 5.41. The van der Waals surface area contributed by atoms with Gasteiger partial charge in [-0.25, -0.2) is 4.79 Å². The number of hydrogen-bond donors (Lipinski definition) is 2. The van der Waals surface area contributed by atoms with Crippen molar-refractivity contribution >= 4 is 27.6 Å². The van der Waals surface area contributed by atoms with Crippen molar-refractivity contribution < 1.29 is 4.79 Å². The highest BCUT2D eigenvalue weighted by Crippen LogP contribution is 2.24. The van der Waals surface area contributed by atoms with Crippen LogP contribution in [-0.4, -0.2) is 48.1 Å². The van der Waals surface area contributed by atoms with E-state index in [1.54, 1.807) is 21.6 Å². The van der Waals surface area contributed by atoms with E-state index in [1.807, 2.05) is 4.90 Å². The molecule has 18 heavy (non-hydrogen) atoms. The van der Waals surface area contributed by atoms with Crippen LogP contribution in [0.3, 0.4) is 0 Å². The minimum Gasteiger partial charge on any atom is -0.337 e. The maximum atomic E-state index is 12.0. The van der Waals surface area contributed by atoms with Crippen LogP contribution in [0.4, 0.5) is 4.79 Å². The van der Waals surface area contributed by atoms with Crippen molar-refractivity contribution in [1.82, 2.24) is 10.2 Å². The standard InChI is InChI=1S/C12H25N3OS2/c1-3-11-8-10(2)9-15(11)12(16)14-5-7-18-17-6-4-13/h10-11H,3-9,13H2,1-2H3,(H,14,16)/t10-,11-/m1/s1. The van der Waals surface area contributed by atoms with Gasteiger partial charge in [0.2, 0.25) is 0 Å². The molecule has 1 aliphatic heterocycles. The molecule has 2 atom stereocenters. The predicted octanol–water partition coefficient (Wildman–Crippen LogP) is 2.16. The summed E-state index contributed by atoms with van der Waals surface area (Å²) in [5, 5.41) is 3.01. The first-order valence-corrected chi connectivity index (χ1v) is 9.16. The highest BCUT2D eigenvalue weighted by Gasteiger charge is 2.31. The first-order valence-electron chi connectivity index (χ1n) is 6.68. The molecule has 6 heteroatoms. The SMILES string of the molecule is CC[C@@H]1C[C@@H](C)CN1C(=O)NCCSSCCN. The molecule has 0 saturated carbocycles. The minimum atomic E-state index is 0.107. The largest absolute Gasteiger partial charge is 0.337 e. The average molecular weight is 291 g/mol. The van der Waals surface area contributed by atoms with Gasteiger partial charge in [-0.05, 0) is 18.8 Å². The second kappa shape index (κ2) is 8.93. The number of carbonyl (C=O) groups excluding carboxylic acids is 1. The maximum absolute atomic E-state index is 12.0. The topological polar surface area (TPSA) is 58.4 Å². The second-order valence-corrected chi connectivity index (χ2v) is 7.42. The zero-order valence-corrected chi connectivity index (χ0v) is 13.0. The lowest BCUT2D eigenvalue weighted by atomic mass is 10.1. The number of likely N-dealkylation sites (tertiary alicyclic amines) is 1. The first kappa shape index (κ1) is 16.0. The smallest absolute Gasteiger partial charge is 0.317 e. The summed E-state index contributed by atoms with van der Waals surface area (Å²) in [6.45, 7) is 6.73. The van der Waals surface area contributed by atoms with Crippen molar-refractivity contribution in [3.63, 3.8) is 0 Å². The molecule has 1 aliphatic rings. The lowest BCUT2D eigenvalue weighted by molar-refractivity contribution is 0.191. The molecule has 0 spiro atoms. The van der Waals surface area contributed by atoms with E-state index in [0.29, 0.717) is 18.5 Å². The fraction of sp³-hybridized carbons (Fsp3) is 0.917. The van der Waals surface area contributed by atoms with Gasteiger partial charge in [0.25, 0.3) is 0 Å². The van der Waals surface area contributed by atoms with Gasteiger partial charge in [0.1, 0.15) is 0 Å². The van der Waals surface area contributed by atoms with Gasteiger partial charge < -0.3 is 16.0 Å². The summed E-state index contributed by atoms with van der Waals surface area (Å²) in [5.74, 6) is 2.55. The molecule has 0 radical (unpaired) electrons. The first-order chi connectivity index (χ1) is 8.69. The fourth-order valence-electron chi connectivity index (χ4n) is 2.25. The van der Waals surface area contributed by atoms with Gasteiger partial charge in [0, 0.05) is 37.2 Å². The molecule has 0 aliphatic carbocycles. The monoisotopic (exact) mass is 291 g/mol. The molecule has 1 heterocycles. The lowest BCUT2D eigenvalue weighted by Crippen LogP contribution is -2.43. The molecular formula is C12H25N3OS2. The third-order valence-corrected chi connectivity index (χ3v) is 5.54. The van der Waals surface area contributed by atoms with Crippen molar-refractivity contribution in [3.05, 3.63) is 0 Å². The average Bonchev–Trinajstić information content (AvgIpc) is 2.74. The van der Waals surface area contributed by atoms with E-state index in [-0.39, 0.29) is 6.03 Å². The van der Waals surface area contributed by atoms with E-state index >= 15 is 0 Å². The third-order valence-electron chi connectivity index (χ3n) is 3.10. The van der Waals surface area contributed by atoms with Crippen LogP contribution in [0.25, 0.3) is 0 Å². The summed E-state index contributed by atoms with van der Waals surface area (Å²) < 4.78 is 0. The lowest BCUT2D eigenvalue weighted by Gasteiger charge is -2.23. The molecule has 0 unspecified atom stereocenters. The van der Waals surface area contributed by atoms with Crippen molar-refractivity contribution in [2.24, 2.45) is 11.7 Å². The molecule has 1 saturated heterocycles. The van der Waals surface area contributed by atoms with Crippen LogP contribution in [0.1, 0.15) is 26.7 Å². The second-order valence-electron chi connectivity index (χ2n) is 4.72. The maximum Gasteiger partial charge on any atom is 0.317 e. The predicted molar refractivity (Wildman–Crippen MR) is 81.9 cm³/mol. The van der Waals surface area contributed by atoms with Gasteiger partial charge in [0.15, 0.2) is 0 Å². The molecule has 0 aromatic rings. The van der Waals surface area contributed by atoms with E-state index in [9.17, 15) is 4.79 Å². The van der Waals surface area contributed by atoms with E-state index in [4.69, 9.17) is 5.73 Å². The Bertz CT molecular complexity index is 253. The zero-order chi connectivity index (χ0) is 13.4. The van der Waals surface area contributed by atoms with Gasteiger partial charge >= 0.3 is 6.03 Å². The Morgan fingerprint density at radius 3 is 2.83 bits per heavy atom. The quantitative estimate of drug-likeness (QED) is 0.557. The number of nitrogens with two attached hydrogens (primary N) is 1. The molecule has 3 N–H and O–H groups in total. The van der Waals surface area contributed by atoms with Crippen molar-refractivity contribution in [3.8, 4) is 0 Å². The molecule has 0 bridgehead atoms. The molecule has 0 aromatic heterocycles. The normalized spacial score (nSPS) is 23.4. The van der Waals surface area contributed by atoms with Crippen molar-refractivity contribution in [2.45, 2.75) is 32.7 Å². The Morgan fingerprint density at radius 2 is 2.17 bits per heavy atom. The Labute approximate surface area is 118 Å². The van der Waals surface area contributed by atoms with E-state index in [1.165, 1.54) is 0 Å². The summed E-state index contributed by atoms with van der Waals surface area (Å²) >= 11 is 0. The van der Waals surface area contributed by atoms with Crippen LogP contribution >= 0.6 is 21.6 Å². The molecule has 2 amide bonds. The Balaban J connectivity index is 2.16. The van der Waals surface area contributed by atoms with Gasteiger partial charge in [-0.1, -0.05) is 35.4 Å². The summed E-state index contributed by atoms with van der Waals surface area (Å²) in [7, 11) is 3.54. The fourth-order valence-corrected chi connectivity index (χ4v) is 4.02. The number of carbonyl (C=O) groups is 1. The third kappa shape index (κ3) is 5.28. The van der Waals surface area contributed by atoms with Gasteiger partial charge in [-0.2, -0.15) is 0 Å². The Kier molecular flexibility index (Phi) is 7.93. The molecule has 4 nitrogen and oxygen atoms in total. The molecule has 1 rings (SSSR count). The van der Waals surface area contributed by atoms with Crippen LogP contribution in [0, 0.1) is 5.92 Å². The van der Waals surface area contributed by atoms with Crippen LogP contribution in [0.5, 0.6) is 0 Å². The number of amides is 2.